The number of carboxylic acid groups (broad SMARTS) is 1. The van der Waals surface area contributed by atoms with Gasteiger partial charge < -0.3 is 10.0 Å². The molecule has 29 heavy (non-hydrogen) atoms. The number of allylic oxidation sites excluding steroid dienone is 1. The maximum atomic E-state index is 11.6. The highest BCUT2D eigenvalue weighted by Crippen LogP contribution is 2.22. The van der Waals surface area contributed by atoms with Crippen LogP contribution >= 0.6 is 0 Å². The lowest BCUT2D eigenvalue weighted by molar-refractivity contribution is -0.132. The molecular formula is C26H35NO2. The van der Waals surface area contributed by atoms with E-state index in [0.717, 1.165) is 29.8 Å². The second-order valence-corrected chi connectivity index (χ2v) is 7.73. The summed E-state index contributed by atoms with van der Waals surface area (Å²) in [6, 6.07) is 18.8. The minimum absolute atomic E-state index is 0.449. The van der Waals surface area contributed by atoms with E-state index in [4.69, 9.17) is 0 Å². The first-order chi connectivity index (χ1) is 14.0. The van der Waals surface area contributed by atoms with Crippen molar-refractivity contribution in [2.24, 2.45) is 0 Å². The number of carbonyl (C=O) groups is 1. The van der Waals surface area contributed by atoms with Gasteiger partial charge in [0.15, 0.2) is 0 Å². The zero-order valence-corrected chi connectivity index (χ0v) is 18.2. The van der Waals surface area contributed by atoms with Gasteiger partial charge in [-0.1, -0.05) is 74.7 Å². The molecule has 0 fully saturated rings. The Morgan fingerprint density at radius 1 is 0.828 bits per heavy atom. The largest absolute Gasteiger partial charge is 0.478 e. The van der Waals surface area contributed by atoms with Crippen molar-refractivity contribution in [3.8, 4) is 0 Å². The van der Waals surface area contributed by atoms with E-state index in [9.17, 15) is 9.90 Å². The lowest BCUT2D eigenvalue weighted by Crippen LogP contribution is -2.25. The van der Waals surface area contributed by atoms with Crippen LogP contribution in [0.25, 0.3) is 0 Å². The molecule has 0 aliphatic carbocycles. The Morgan fingerprint density at radius 3 is 1.83 bits per heavy atom. The van der Waals surface area contributed by atoms with Crippen molar-refractivity contribution in [2.45, 2.75) is 59.3 Å². The number of benzene rings is 2. The lowest BCUT2D eigenvalue weighted by atomic mass is 9.94. The van der Waals surface area contributed by atoms with Crippen molar-refractivity contribution >= 4 is 11.7 Å². The quantitative estimate of drug-likeness (QED) is 0.431. The molecule has 2 aromatic carbocycles. The Labute approximate surface area is 176 Å². The lowest BCUT2D eigenvalue weighted by Gasteiger charge is -2.25. The van der Waals surface area contributed by atoms with Gasteiger partial charge >= 0.3 is 5.97 Å². The molecule has 156 valence electrons. The van der Waals surface area contributed by atoms with Crippen LogP contribution in [0.1, 0.15) is 57.6 Å². The molecule has 2 rings (SSSR count). The molecular weight excluding hydrogens is 358 g/mol. The van der Waals surface area contributed by atoms with Crippen molar-refractivity contribution in [2.75, 3.05) is 18.0 Å². The fourth-order valence-electron chi connectivity index (χ4n) is 3.46. The molecule has 0 unspecified atom stereocenters. The zero-order chi connectivity index (χ0) is 21.1. The van der Waals surface area contributed by atoms with Crippen LogP contribution in [-0.4, -0.2) is 24.2 Å². The van der Waals surface area contributed by atoms with E-state index in [1.54, 1.807) is 6.92 Å². The number of nitrogens with zero attached hydrogens (tertiary/aromatic N) is 1. The normalized spacial score (nSPS) is 11.8. The van der Waals surface area contributed by atoms with Gasteiger partial charge in [-0.25, -0.2) is 4.79 Å². The van der Waals surface area contributed by atoms with Crippen LogP contribution in [-0.2, 0) is 17.6 Å². The third kappa shape index (κ3) is 7.41. The van der Waals surface area contributed by atoms with E-state index in [2.05, 4.69) is 55.1 Å². The van der Waals surface area contributed by atoms with E-state index in [1.165, 1.54) is 31.4 Å². The second kappa shape index (κ2) is 12.1. The van der Waals surface area contributed by atoms with Crippen LogP contribution in [0.5, 0.6) is 0 Å². The molecule has 3 nitrogen and oxygen atoms in total. The monoisotopic (exact) mass is 393 g/mol. The van der Waals surface area contributed by atoms with E-state index in [0.29, 0.717) is 18.4 Å². The van der Waals surface area contributed by atoms with E-state index >= 15 is 0 Å². The molecule has 2 aromatic rings. The number of rotatable bonds is 12. The average Bonchev–Trinajstić information content (AvgIpc) is 2.74. The topological polar surface area (TPSA) is 40.5 Å². The highest BCUT2D eigenvalue weighted by atomic mass is 16.4. The van der Waals surface area contributed by atoms with Crippen molar-refractivity contribution in [3.63, 3.8) is 0 Å². The molecule has 0 saturated carbocycles. The molecule has 0 atom stereocenters. The van der Waals surface area contributed by atoms with Crippen LogP contribution in [0, 0.1) is 0 Å². The Bertz CT molecular complexity index is 770. The van der Waals surface area contributed by atoms with E-state index in [1.807, 2.05) is 18.2 Å². The Kier molecular flexibility index (Phi) is 9.49. The SMILES string of the molecule is CCCCN(CCCC)c1ccc(CC(Cc2ccccc2)=C(C)C(=O)O)cc1. The molecule has 0 saturated heterocycles. The van der Waals surface area contributed by atoms with Gasteiger partial charge in [-0.3, -0.25) is 0 Å². The van der Waals surface area contributed by atoms with Crippen LogP contribution in [0.3, 0.4) is 0 Å². The minimum Gasteiger partial charge on any atom is -0.478 e. The maximum Gasteiger partial charge on any atom is 0.331 e. The molecule has 0 spiro atoms. The van der Waals surface area contributed by atoms with Gasteiger partial charge in [0.1, 0.15) is 0 Å². The number of unbranched alkanes of at least 4 members (excludes halogenated alkanes) is 2. The number of carboxylic acids is 1. The van der Waals surface area contributed by atoms with Gasteiger partial charge in [0.05, 0.1) is 0 Å². The number of aliphatic carboxylic acids is 1. The number of hydrogen-bond donors (Lipinski definition) is 1. The summed E-state index contributed by atoms with van der Waals surface area (Å²) in [7, 11) is 0. The van der Waals surface area contributed by atoms with Crippen LogP contribution in [0.15, 0.2) is 65.7 Å². The molecule has 0 radical (unpaired) electrons. The van der Waals surface area contributed by atoms with Gasteiger partial charge in [0.2, 0.25) is 0 Å². The summed E-state index contributed by atoms with van der Waals surface area (Å²) in [6.45, 7) is 8.35. The number of anilines is 1. The summed E-state index contributed by atoms with van der Waals surface area (Å²) in [4.78, 5) is 14.1. The van der Waals surface area contributed by atoms with Gasteiger partial charge in [0, 0.05) is 24.4 Å². The van der Waals surface area contributed by atoms with Gasteiger partial charge in [-0.05, 0) is 55.9 Å². The first-order valence-electron chi connectivity index (χ1n) is 10.8. The molecule has 3 heteroatoms. The van der Waals surface area contributed by atoms with Crippen molar-refractivity contribution < 1.29 is 9.90 Å². The van der Waals surface area contributed by atoms with Crippen LogP contribution in [0.2, 0.25) is 0 Å². The third-order valence-electron chi connectivity index (χ3n) is 5.39. The van der Waals surface area contributed by atoms with Crippen molar-refractivity contribution in [1.82, 2.24) is 0 Å². The first kappa shape index (κ1) is 22.7. The smallest absolute Gasteiger partial charge is 0.331 e. The highest BCUT2D eigenvalue weighted by Gasteiger charge is 2.12. The molecule has 0 amide bonds. The van der Waals surface area contributed by atoms with Crippen LogP contribution in [0.4, 0.5) is 5.69 Å². The Balaban J connectivity index is 2.17. The molecule has 0 aromatic heterocycles. The van der Waals surface area contributed by atoms with Gasteiger partial charge in [-0.15, -0.1) is 0 Å². The standard InChI is InChI=1S/C26H35NO2/c1-4-6-17-27(18-7-5-2)25-15-13-23(14-16-25)20-24(21(3)26(28)29)19-22-11-9-8-10-12-22/h8-16H,4-7,17-20H2,1-3H3,(H,28,29). The van der Waals surface area contributed by atoms with E-state index in [-0.39, 0.29) is 0 Å². The Morgan fingerprint density at radius 2 is 1.34 bits per heavy atom. The summed E-state index contributed by atoms with van der Waals surface area (Å²) in [5, 5.41) is 9.53. The molecule has 0 bridgehead atoms. The van der Waals surface area contributed by atoms with Crippen molar-refractivity contribution in [1.29, 1.82) is 0 Å². The summed E-state index contributed by atoms with van der Waals surface area (Å²) < 4.78 is 0. The highest BCUT2D eigenvalue weighted by molar-refractivity contribution is 5.87. The molecule has 0 aliphatic heterocycles. The average molecular weight is 394 g/mol. The zero-order valence-electron chi connectivity index (χ0n) is 18.2. The number of hydrogen-bond acceptors (Lipinski definition) is 2. The molecule has 0 aliphatic rings. The maximum absolute atomic E-state index is 11.6. The summed E-state index contributed by atoms with van der Waals surface area (Å²) in [6.07, 6.45) is 6.13. The third-order valence-corrected chi connectivity index (χ3v) is 5.39. The summed E-state index contributed by atoms with van der Waals surface area (Å²) in [5.41, 5.74) is 4.98. The fraction of sp³-hybridized carbons (Fsp3) is 0.423. The molecule has 1 N–H and O–H groups in total. The van der Waals surface area contributed by atoms with Gasteiger partial charge in [-0.2, -0.15) is 0 Å². The van der Waals surface area contributed by atoms with Crippen LogP contribution < -0.4 is 4.90 Å². The summed E-state index contributed by atoms with van der Waals surface area (Å²) in [5.74, 6) is -0.835. The summed E-state index contributed by atoms with van der Waals surface area (Å²) >= 11 is 0. The molecule has 0 heterocycles. The first-order valence-corrected chi connectivity index (χ1v) is 10.8. The second-order valence-electron chi connectivity index (χ2n) is 7.73. The Hall–Kier alpha value is -2.55. The van der Waals surface area contributed by atoms with Crippen molar-refractivity contribution in [3.05, 3.63) is 76.9 Å². The predicted octanol–water partition coefficient (Wildman–Crippen LogP) is 6.28. The fourth-order valence-corrected chi connectivity index (χ4v) is 3.46. The van der Waals surface area contributed by atoms with Gasteiger partial charge in [0.25, 0.3) is 0 Å². The van der Waals surface area contributed by atoms with E-state index < -0.39 is 5.97 Å². The minimum atomic E-state index is -0.835. The predicted molar refractivity (Wildman–Crippen MR) is 123 cm³/mol.